The summed E-state index contributed by atoms with van der Waals surface area (Å²) in [7, 11) is 0. The van der Waals surface area contributed by atoms with Gasteiger partial charge < -0.3 is 5.32 Å². The Balaban J connectivity index is 2.04. The second-order valence-electron chi connectivity index (χ2n) is 4.57. The van der Waals surface area contributed by atoms with Gasteiger partial charge in [0.05, 0.1) is 11.6 Å². The van der Waals surface area contributed by atoms with Crippen LogP contribution in [0.5, 0.6) is 0 Å². The van der Waals surface area contributed by atoms with E-state index in [4.69, 9.17) is 5.26 Å². The Labute approximate surface area is 124 Å². The number of carbonyl (C=O) groups excluding carboxylic acids is 1. The fourth-order valence-electron chi connectivity index (χ4n) is 1.97. The van der Waals surface area contributed by atoms with E-state index in [1.165, 1.54) is 6.08 Å². The SMILES string of the molecule is CCc1ccccc1NC(=O)/C=C/c1ccc(C#N)cc1. The van der Waals surface area contributed by atoms with Crippen LogP contribution in [0.1, 0.15) is 23.6 Å². The number of aryl methyl sites for hydroxylation is 1. The molecule has 0 atom stereocenters. The van der Waals surface area contributed by atoms with Crippen molar-refractivity contribution in [3.8, 4) is 6.07 Å². The fraction of sp³-hybridized carbons (Fsp3) is 0.111. The number of nitriles is 1. The molecule has 3 nitrogen and oxygen atoms in total. The molecule has 0 saturated heterocycles. The maximum atomic E-state index is 11.9. The minimum Gasteiger partial charge on any atom is -0.322 e. The number of hydrogen-bond acceptors (Lipinski definition) is 2. The van der Waals surface area contributed by atoms with Crippen LogP contribution < -0.4 is 5.32 Å². The van der Waals surface area contributed by atoms with Gasteiger partial charge in [0.25, 0.3) is 0 Å². The van der Waals surface area contributed by atoms with E-state index in [0.717, 1.165) is 23.2 Å². The zero-order valence-corrected chi connectivity index (χ0v) is 11.8. The van der Waals surface area contributed by atoms with Crippen LogP contribution in [0.15, 0.2) is 54.6 Å². The van der Waals surface area contributed by atoms with Crippen molar-refractivity contribution in [3.63, 3.8) is 0 Å². The molecule has 0 aromatic heterocycles. The third-order valence-corrected chi connectivity index (χ3v) is 3.12. The molecule has 2 aromatic carbocycles. The Kier molecular flexibility index (Phi) is 4.89. The Morgan fingerprint density at radius 1 is 1.19 bits per heavy atom. The van der Waals surface area contributed by atoms with Gasteiger partial charge in [-0.2, -0.15) is 5.26 Å². The van der Waals surface area contributed by atoms with Gasteiger partial charge in [-0.25, -0.2) is 0 Å². The average molecular weight is 276 g/mol. The summed E-state index contributed by atoms with van der Waals surface area (Å²) in [5.41, 5.74) is 3.44. The molecule has 104 valence electrons. The maximum Gasteiger partial charge on any atom is 0.248 e. The summed E-state index contributed by atoms with van der Waals surface area (Å²) in [5, 5.41) is 11.6. The highest BCUT2D eigenvalue weighted by Gasteiger charge is 2.02. The summed E-state index contributed by atoms with van der Waals surface area (Å²) in [4.78, 5) is 11.9. The van der Waals surface area contributed by atoms with Crippen molar-refractivity contribution in [3.05, 3.63) is 71.3 Å². The number of benzene rings is 2. The molecule has 0 bridgehead atoms. The van der Waals surface area contributed by atoms with Crippen LogP contribution in [0.25, 0.3) is 6.08 Å². The Hall–Kier alpha value is -2.86. The first-order valence-corrected chi connectivity index (χ1v) is 6.80. The van der Waals surface area contributed by atoms with Crippen LogP contribution in [0.3, 0.4) is 0 Å². The van der Waals surface area contributed by atoms with Gasteiger partial charge in [0, 0.05) is 11.8 Å². The van der Waals surface area contributed by atoms with Gasteiger partial charge in [-0.1, -0.05) is 37.3 Å². The van der Waals surface area contributed by atoms with E-state index in [2.05, 4.69) is 18.3 Å². The zero-order valence-electron chi connectivity index (χ0n) is 11.8. The van der Waals surface area contributed by atoms with E-state index < -0.39 is 0 Å². The van der Waals surface area contributed by atoms with Crippen molar-refractivity contribution in [2.45, 2.75) is 13.3 Å². The smallest absolute Gasteiger partial charge is 0.248 e. The van der Waals surface area contributed by atoms with Gasteiger partial charge in [0.2, 0.25) is 5.91 Å². The largest absolute Gasteiger partial charge is 0.322 e. The van der Waals surface area contributed by atoms with Crippen molar-refractivity contribution < 1.29 is 4.79 Å². The molecule has 0 aliphatic carbocycles. The molecule has 1 amide bonds. The monoisotopic (exact) mass is 276 g/mol. The summed E-state index contributed by atoms with van der Waals surface area (Å²) in [6.45, 7) is 2.05. The molecule has 0 radical (unpaired) electrons. The van der Waals surface area contributed by atoms with E-state index in [9.17, 15) is 4.79 Å². The van der Waals surface area contributed by atoms with Gasteiger partial charge in [-0.05, 0) is 41.8 Å². The Bertz CT molecular complexity index is 694. The highest BCUT2D eigenvalue weighted by Crippen LogP contribution is 2.15. The molecule has 0 aliphatic heterocycles. The molecule has 3 heteroatoms. The molecule has 21 heavy (non-hydrogen) atoms. The maximum absolute atomic E-state index is 11.9. The summed E-state index contributed by atoms with van der Waals surface area (Å²) >= 11 is 0. The number of anilines is 1. The first kappa shape index (κ1) is 14.5. The van der Waals surface area contributed by atoms with E-state index in [-0.39, 0.29) is 5.91 Å². The number of para-hydroxylation sites is 1. The number of rotatable bonds is 4. The normalized spacial score (nSPS) is 10.3. The van der Waals surface area contributed by atoms with Crippen LogP contribution in [-0.4, -0.2) is 5.91 Å². The fourth-order valence-corrected chi connectivity index (χ4v) is 1.97. The van der Waals surface area contributed by atoms with Crippen molar-refractivity contribution in [2.75, 3.05) is 5.32 Å². The molecule has 0 spiro atoms. The van der Waals surface area contributed by atoms with Gasteiger partial charge in [-0.3, -0.25) is 4.79 Å². The summed E-state index contributed by atoms with van der Waals surface area (Å²) in [5.74, 6) is -0.166. The summed E-state index contributed by atoms with van der Waals surface area (Å²) in [6.07, 6.45) is 4.09. The van der Waals surface area contributed by atoms with Crippen LogP contribution in [0.4, 0.5) is 5.69 Å². The zero-order chi connectivity index (χ0) is 15.1. The first-order chi connectivity index (χ1) is 10.2. The molecule has 0 heterocycles. The highest BCUT2D eigenvalue weighted by atomic mass is 16.1. The van der Waals surface area contributed by atoms with Crippen LogP contribution >= 0.6 is 0 Å². The summed E-state index contributed by atoms with van der Waals surface area (Å²) in [6, 6.07) is 16.9. The lowest BCUT2D eigenvalue weighted by Crippen LogP contribution is -2.09. The van der Waals surface area contributed by atoms with Crippen LogP contribution in [0.2, 0.25) is 0 Å². The average Bonchev–Trinajstić information content (AvgIpc) is 2.54. The molecule has 2 aromatic rings. The lowest BCUT2D eigenvalue weighted by atomic mass is 10.1. The molecule has 0 fully saturated rings. The minimum absolute atomic E-state index is 0.166. The van der Waals surface area contributed by atoms with E-state index in [0.29, 0.717) is 5.56 Å². The van der Waals surface area contributed by atoms with Crippen LogP contribution in [0, 0.1) is 11.3 Å². The number of amides is 1. The Morgan fingerprint density at radius 3 is 2.57 bits per heavy atom. The Morgan fingerprint density at radius 2 is 1.90 bits per heavy atom. The van der Waals surface area contributed by atoms with Crippen molar-refractivity contribution in [1.82, 2.24) is 0 Å². The van der Waals surface area contributed by atoms with E-state index in [1.807, 2.05) is 36.4 Å². The molecular formula is C18H16N2O. The van der Waals surface area contributed by atoms with Crippen molar-refractivity contribution in [2.24, 2.45) is 0 Å². The van der Waals surface area contributed by atoms with Crippen molar-refractivity contribution in [1.29, 1.82) is 5.26 Å². The molecule has 0 unspecified atom stereocenters. The standard InChI is InChI=1S/C18H16N2O/c1-2-16-5-3-4-6-17(16)20-18(21)12-11-14-7-9-15(13-19)10-8-14/h3-12H,2H2,1H3,(H,20,21)/b12-11+. The third kappa shape index (κ3) is 4.05. The summed E-state index contributed by atoms with van der Waals surface area (Å²) < 4.78 is 0. The van der Waals surface area contributed by atoms with Gasteiger partial charge in [0.15, 0.2) is 0 Å². The van der Waals surface area contributed by atoms with Gasteiger partial charge in [0.1, 0.15) is 0 Å². The molecule has 2 rings (SSSR count). The molecule has 0 saturated carbocycles. The predicted octanol–water partition coefficient (Wildman–Crippen LogP) is 3.77. The minimum atomic E-state index is -0.166. The second kappa shape index (κ2) is 7.06. The molecule has 1 N–H and O–H groups in total. The number of carbonyl (C=O) groups is 1. The van der Waals surface area contributed by atoms with E-state index in [1.54, 1.807) is 18.2 Å². The highest BCUT2D eigenvalue weighted by molar-refractivity contribution is 6.02. The lowest BCUT2D eigenvalue weighted by Gasteiger charge is -2.07. The third-order valence-electron chi connectivity index (χ3n) is 3.12. The first-order valence-electron chi connectivity index (χ1n) is 6.80. The van der Waals surface area contributed by atoms with Crippen LogP contribution in [-0.2, 0) is 11.2 Å². The topological polar surface area (TPSA) is 52.9 Å². The lowest BCUT2D eigenvalue weighted by molar-refractivity contribution is -0.111. The number of nitrogens with zero attached hydrogens (tertiary/aromatic N) is 1. The molecular weight excluding hydrogens is 260 g/mol. The van der Waals surface area contributed by atoms with E-state index >= 15 is 0 Å². The number of nitrogens with one attached hydrogen (secondary N) is 1. The predicted molar refractivity (Wildman–Crippen MR) is 84.6 cm³/mol. The van der Waals surface area contributed by atoms with Gasteiger partial charge >= 0.3 is 0 Å². The quantitative estimate of drug-likeness (QED) is 0.864. The van der Waals surface area contributed by atoms with Crippen molar-refractivity contribution >= 4 is 17.7 Å². The number of hydrogen-bond donors (Lipinski definition) is 1. The molecule has 0 aliphatic rings. The van der Waals surface area contributed by atoms with Gasteiger partial charge in [-0.15, -0.1) is 0 Å². The second-order valence-corrected chi connectivity index (χ2v) is 4.57.